The second-order valence-electron chi connectivity index (χ2n) is 9.54. The predicted molar refractivity (Wildman–Crippen MR) is 137 cm³/mol. The maximum absolute atomic E-state index is 12.0. The van der Waals surface area contributed by atoms with Crippen molar-refractivity contribution in [3.8, 4) is 0 Å². The van der Waals surface area contributed by atoms with Crippen molar-refractivity contribution in [2.45, 2.75) is 81.5 Å². The van der Waals surface area contributed by atoms with Gasteiger partial charge in [-0.1, -0.05) is 6.42 Å². The lowest BCUT2D eigenvalue weighted by Crippen LogP contribution is -2.36. The molecule has 11 heteroatoms. The lowest BCUT2D eigenvalue weighted by atomic mass is 10.0. The third-order valence-electron chi connectivity index (χ3n) is 6.09. The fourth-order valence-corrected chi connectivity index (χ4v) is 5.75. The summed E-state index contributed by atoms with van der Waals surface area (Å²) in [4.78, 5) is 48.5. The van der Waals surface area contributed by atoms with Crippen LogP contribution in [0.5, 0.6) is 0 Å². The van der Waals surface area contributed by atoms with E-state index >= 15 is 0 Å². The summed E-state index contributed by atoms with van der Waals surface area (Å²) in [5, 5.41) is 12.2. The van der Waals surface area contributed by atoms with Crippen LogP contribution in [0, 0.1) is 0 Å². The summed E-state index contributed by atoms with van der Waals surface area (Å²) in [5.41, 5.74) is 0. The molecule has 35 heavy (non-hydrogen) atoms. The number of carbonyl (C=O) groups excluding carboxylic acids is 4. The minimum atomic E-state index is -0.213. The Balaban J connectivity index is 1.34. The number of amides is 4. The van der Waals surface area contributed by atoms with Crippen molar-refractivity contribution in [1.82, 2.24) is 26.2 Å². The average Bonchev–Trinajstić information content (AvgIpc) is 3.34. The van der Waals surface area contributed by atoms with Crippen molar-refractivity contribution >= 4 is 35.6 Å². The molecule has 0 spiro atoms. The number of urea groups is 1. The van der Waals surface area contributed by atoms with Gasteiger partial charge < -0.3 is 26.0 Å². The third kappa shape index (κ3) is 12.5. The monoisotopic (exact) mass is 513 g/mol. The van der Waals surface area contributed by atoms with Crippen LogP contribution in [0.1, 0.15) is 64.2 Å². The van der Waals surface area contributed by atoms with Gasteiger partial charge in [-0.05, 0) is 59.0 Å². The van der Waals surface area contributed by atoms with Crippen LogP contribution in [0.15, 0.2) is 0 Å². The van der Waals surface area contributed by atoms with E-state index in [2.05, 4.69) is 21.3 Å². The second kappa shape index (κ2) is 16.6. The standard InChI is InChI=1S/C24H43N5O5S/c1-29(2)16-22(32)34-15-9-3-7-13-25-21(31)12-6-8-14-26-20(30)11-5-4-10-19-23-18(17-35-19)27-24(33)28-23/h18-19,23H,3-17H2,1-2H3,(H,25,31)(H,26,30)(H2,27,28,33)/t18-,19-,23-/m0/s1. The Labute approximate surface area is 213 Å². The summed E-state index contributed by atoms with van der Waals surface area (Å²) in [6.07, 6.45) is 7.91. The summed E-state index contributed by atoms with van der Waals surface area (Å²) in [5.74, 6) is 0.849. The average molecular weight is 514 g/mol. The fourth-order valence-electron chi connectivity index (χ4n) is 4.21. The highest BCUT2D eigenvalue weighted by Crippen LogP contribution is 2.33. The first-order valence-corrected chi connectivity index (χ1v) is 13.9. The van der Waals surface area contributed by atoms with E-state index in [-0.39, 0.29) is 35.9 Å². The molecule has 200 valence electrons. The van der Waals surface area contributed by atoms with Crippen LogP contribution < -0.4 is 21.3 Å². The smallest absolute Gasteiger partial charge is 0.320 e. The lowest BCUT2D eigenvalue weighted by Gasteiger charge is -2.16. The van der Waals surface area contributed by atoms with Gasteiger partial charge in [0.05, 0.1) is 25.2 Å². The number of nitrogens with zero attached hydrogens (tertiary/aromatic N) is 1. The normalized spacial score (nSPS) is 20.8. The van der Waals surface area contributed by atoms with Gasteiger partial charge in [-0.2, -0.15) is 11.8 Å². The van der Waals surface area contributed by atoms with E-state index in [0.29, 0.717) is 44.3 Å². The van der Waals surface area contributed by atoms with Gasteiger partial charge in [-0.15, -0.1) is 0 Å². The Bertz CT molecular complexity index is 693. The molecule has 2 aliphatic heterocycles. The molecule has 2 heterocycles. The molecule has 0 unspecified atom stereocenters. The quantitative estimate of drug-likeness (QED) is 0.124. The van der Waals surface area contributed by atoms with Crippen LogP contribution in [0.4, 0.5) is 4.79 Å². The van der Waals surface area contributed by atoms with E-state index in [0.717, 1.165) is 57.1 Å². The van der Waals surface area contributed by atoms with Gasteiger partial charge in [-0.25, -0.2) is 4.79 Å². The molecule has 4 amide bonds. The number of ether oxygens (including phenoxy) is 1. The van der Waals surface area contributed by atoms with Crippen LogP contribution in [0.2, 0.25) is 0 Å². The van der Waals surface area contributed by atoms with Crippen molar-refractivity contribution in [2.75, 3.05) is 46.1 Å². The first-order chi connectivity index (χ1) is 16.8. The van der Waals surface area contributed by atoms with E-state index in [9.17, 15) is 19.2 Å². The topological polar surface area (TPSA) is 129 Å². The lowest BCUT2D eigenvalue weighted by molar-refractivity contribution is -0.144. The molecular weight excluding hydrogens is 470 g/mol. The first kappa shape index (κ1) is 29.2. The van der Waals surface area contributed by atoms with Crippen LogP contribution in [-0.4, -0.2) is 92.1 Å². The molecule has 0 saturated carbocycles. The van der Waals surface area contributed by atoms with Gasteiger partial charge in [0.1, 0.15) is 0 Å². The molecule has 2 rings (SSSR count). The number of unbranched alkanes of at least 4 members (excludes halogenated alkanes) is 4. The Morgan fingerprint density at radius 2 is 1.60 bits per heavy atom. The SMILES string of the molecule is CN(C)CC(=O)OCCCCCNC(=O)CCCCNC(=O)CCCC[C@@H]1SC[C@@H]2NC(=O)N[C@@H]21. The fraction of sp³-hybridized carbons (Fsp3) is 0.833. The minimum absolute atomic E-state index is 0.0365. The van der Waals surface area contributed by atoms with Gasteiger partial charge in [0.15, 0.2) is 0 Å². The van der Waals surface area contributed by atoms with Crippen molar-refractivity contribution in [3.05, 3.63) is 0 Å². The zero-order valence-corrected chi connectivity index (χ0v) is 22.1. The van der Waals surface area contributed by atoms with Crippen LogP contribution >= 0.6 is 11.8 Å². The number of nitrogens with one attached hydrogen (secondary N) is 4. The van der Waals surface area contributed by atoms with Gasteiger partial charge in [0.25, 0.3) is 0 Å². The number of esters is 1. The molecule has 0 bridgehead atoms. The van der Waals surface area contributed by atoms with Gasteiger partial charge in [0.2, 0.25) is 11.8 Å². The molecule has 0 aliphatic carbocycles. The van der Waals surface area contributed by atoms with E-state index < -0.39 is 0 Å². The molecule has 10 nitrogen and oxygen atoms in total. The summed E-state index contributed by atoms with van der Waals surface area (Å²) < 4.78 is 5.13. The molecule has 0 aromatic rings. The summed E-state index contributed by atoms with van der Waals surface area (Å²) >= 11 is 1.90. The maximum atomic E-state index is 12.0. The molecule has 0 aromatic heterocycles. The molecule has 2 aliphatic rings. The van der Waals surface area contributed by atoms with Crippen molar-refractivity contribution in [2.24, 2.45) is 0 Å². The molecule has 2 fully saturated rings. The molecule has 4 N–H and O–H groups in total. The van der Waals surface area contributed by atoms with E-state index in [1.54, 1.807) is 4.90 Å². The predicted octanol–water partition coefficient (Wildman–Crippen LogP) is 1.39. The summed E-state index contributed by atoms with van der Waals surface area (Å²) in [6, 6.07) is 0.414. The van der Waals surface area contributed by atoms with Crippen molar-refractivity contribution in [3.63, 3.8) is 0 Å². The zero-order valence-electron chi connectivity index (χ0n) is 21.2. The largest absolute Gasteiger partial charge is 0.465 e. The zero-order chi connectivity index (χ0) is 25.5. The third-order valence-corrected chi connectivity index (χ3v) is 7.59. The molecule has 2 saturated heterocycles. The highest BCUT2D eigenvalue weighted by atomic mass is 32.2. The number of hydrogen-bond donors (Lipinski definition) is 4. The number of rotatable bonds is 18. The van der Waals surface area contributed by atoms with E-state index in [4.69, 9.17) is 4.74 Å². The van der Waals surface area contributed by atoms with Crippen molar-refractivity contribution < 1.29 is 23.9 Å². The molecule has 0 radical (unpaired) electrons. The Morgan fingerprint density at radius 3 is 2.29 bits per heavy atom. The highest BCUT2D eigenvalue weighted by molar-refractivity contribution is 8.00. The number of carbonyl (C=O) groups is 4. The number of hydrogen-bond acceptors (Lipinski definition) is 7. The van der Waals surface area contributed by atoms with Gasteiger partial charge in [-0.3, -0.25) is 19.3 Å². The highest BCUT2D eigenvalue weighted by Gasteiger charge is 2.42. The molecular formula is C24H43N5O5S. The van der Waals surface area contributed by atoms with E-state index in [1.165, 1.54) is 0 Å². The second-order valence-corrected chi connectivity index (χ2v) is 10.8. The molecule has 0 aromatic carbocycles. The Kier molecular flexibility index (Phi) is 13.9. The summed E-state index contributed by atoms with van der Waals surface area (Å²) in [6.45, 7) is 1.94. The Hall–Kier alpha value is -2.01. The van der Waals surface area contributed by atoms with E-state index in [1.807, 2.05) is 25.9 Å². The number of thioether (sulfide) groups is 1. The molecule has 3 atom stereocenters. The van der Waals surface area contributed by atoms with Crippen LogP contribution in [0.3, 0.4) is 0 Å². The Morgan fingerprint density at radius 1 is 0.943 bits per heavy atom. The van der Waals surface area contributed by atoms with Gasteiger partial charge in [0, 0.05) is 36.9 Å². The van der Waals surface area contributed by atoms with Crippen LogP contribution in [0.25, 0.3) is 0 Å². The maximum Gasteiger partial charge on any atom is 0.320 e. The van der Waals surface area contributed by atoms with Crippen molar-refractivity contribution in [1.29, 1.82) is 0 Å². The van der Waals surface area contributed by atoms with Crippen LogP contribution in [-0.2, 0) is 19.1 Å². The number of fused-ring (bicyclic) bond motifs is 1. The minimum Gasteiger partial charge on any atom is -0.465 e. The van der Waals surface area contributed by atoms with Gasteiger partial charge >= 0.3 is 12.0 Å². The first-order valence-electron chi connectivity index (χ1n) is 12.9. The number of likely N-dealkylation sites (N-methyl/N-ethyl adjacent to an activating group) is 1. The summed E-state index contributed by atoms with van der Waals surface area (Å²) in [7, 11) is 3.65.